The zero-order valence-corrected chi connectivity index (χ0v) is 13.4. The van der Waals surface area contributed by atoms with Gasteiger partial charge in [-0.1, -0.05) is 0 Å². The molecular weight excluding hydrogens is 292 g/mol. The van der Waals surface area contributed by atoms with Gasteiger partial charge in [-0.2, -0.15) is 0 Å². The van der Waals surface area contributed by atoms with Crippen molar-refractivity contribution < 1.29 is 9.53 Å². The quantitative estimate of drug-likeness (QED) is 0.850. The van der Waals surface area contributed by atoms with E-state index in [-0.39, 0.29) is 17.4 Å². The summed E-state index contributed by atoms with van der Waals surface area (Å²) in [4.78, 5) is 21.8. The second kappa shape index (κ2) is 6.47. The molecule has 1 saturated heterocycles. The lowest BCUT2D eigenvalue weighted by Gasteiger charge is -2.34. The fourth-order valence-corrected chi connectivity index (χ4v) is 2.36. The van der Waals surface area contributed by atoms with Crippen LogP contribution in [0.4, 0.5) is 10.6 Å². The van der Waals surface area contributed by atoms with Gasteiger partial charge in [-0.05, 0) is 51.3 Å². The fourth-order valence-electron chi connectivity index (χ4n) is 2.21. The van der Waals surface area contributed by atoms with Crippen LogP contribution in [0.25, 0.3) is 0 Å². The zero-order chi connectivity index (χ0) is 15.5. The molecule has 21 heavy (non-hydrogen) atoms. The normalized spacial score (nSPS) is 19.2. The van der Waals surface area contributed by atoms with Gasteiger partial charge in [0.1, 0.15) is 11.4 Å². The topological polar surface area (TPSA) is 67.3 Å². The number of amides is 1. The minimum Gasteiger partial charge on any atom is -0.444 e. The van der Waals surface area contributed by atoms with E-state index in [2.05, 4.69) is 15.3 Å². The Labute approximate surface area is 129 Å². The van der Waals surface area contributed by atoms with E-state index in [1.54, 1.807) is 17.2 Å². The molecule has 1 aromatic rings. The molecule has 0 unspecified atom stereocenters. The van der Waals surface area contributed by atoms with Crippen molar-refractivity contribution in [3.05, 3.63) is 17.5 Å². The molecule has 0 spiro atoms. The van der Waals surface area contributed by atoms with E-state index in [4.69, 9.17) is 16.3 Å². The van der Waals surface area contributed by atoms with Crippen LogP contribution in [-0.4, -0.2) is 45.7 Å². The molecule has 1 N–H and O–H groups in total. The average Bonchev–Trinajstić information content (AvgIpc) is 2.37. The van der Waals surface area contributed by atoms with E-state index >= 15 is 0 Å². The van der Waals surface area contributed by atoms with E-state index in [1.807, 2.05) is 20.8 Å². The fraction of sp³-hybridized carbons (Fsp3) is 0.643. The van der Waals surface area contributed by atoms with Crippen LogP contribution >= 0.6 is 11.6 Å². The smallest absolute Gasteiger partial charge is 0.410 e. The molecule has 0 bridgehead atoms. The molecule has 1 fully saturated rings. The number of likely N-dealkylation sites (tertiary alicyclic amines) is 1. The number of piperidine rings is 1. The van der Waals surface area contributed by atoms with Crippen molar-refractivity contribution in [1.82, 2.24) is 14.9 Å². The van der Waals surface area contributed by atoms with E-state index in [9.17, 15) is 4.79 Å². The molecule has 6 nitrogen and oxygen atoms in total. The molecule has 1 amide bonds. The van der Waals surface area contributed by atoms with Crippen molar-refractivity contribution in [1.29, 1.82) is 0 Å². The van der Waals surface area contributed by atoms with Crippen LogP contribution in [0, 0.1) is 0 Å². The van der Waals surface area contributed by atoms with Gasteiger partial charge in [0, 0.05) is 25.3 Å². The van der Waals surface area contributed by atoms with Crippen molar-refractivity contribution in [2.75, 3.05) is 18.4 Å². The third-order valence-electron chi connectivity index (χ3n) is 3.05. The lowest BCUT2D eigenvalue weighted by Crippen LogP contribution is -2.47. The molecule has 0 aromatic carbocycles. The van der Waals surface area contributed by atoms with Gasteiger partial charge in [-0.25, -0.2) is 14.8 Å². The number of carbonyl (C=O) groups is 1. The van der Waals surface area contributed by atoms with Crippen molar-refractivity contribution in [2.24, 2.45) is 0 Å². The first-order valence-electron chi connectivity index (χ1n) is 7.06. The van der Waals surface area contributed by atoms with E-state index in [0.29, 0.717) is 12.4 Å². The summed E-state index contributed by atoms with van der Waals surface area (Å²) in [5.74, 6) is 0.672. The summed E-state index contributed by atoms with van der Waals surface area (Å²) in [6.45, 7) is 6.92. The summed E-state index contributed by atoms with van der Waals surface area (Å²) in [6, 6.07) is 1.90. The van der Waals surface area contributed by atoms with Gasteiger partial charge in [-0.15, -0.1) is 0 Å². The minimum atomic E-state index is -0.475. The Balaban J connectivity index is 1.93. The zero-order valence-electron chi connectivity index (χ0n) is 12.6. The summed E-state index contributed by atoms with van der Waals surface area (Å²) < 4.78 is 5.41. The van der Waals surface area contributed by atoms with Crippen molar-refractivity contribution in [2.45, 2.75) is 45.3 Å². The summed E-state index contributed by atoms with van der Waals surface area (Å²) in [7, 11) is 0. The molecular formula is C14H21ClN4O2. The van der Waals surface area contributed by atoms with Gasteiger partial charge in [-0.3, -0.25) is 0 Å². The highest BCUT2D eigenvalue weighted by Gasteiger charge is 2.27. The van der Waals surface area contributed by atoms with Gasteiger partial charge < -0.3 is 15.0 Å². The van der Waals surface area contributed by atoms with E-state index in [1.165, 1.54) is 0 Å². The van der Waals surface area contributed by atoms with Gasteiger partial charge in [0.15, 0.2) is 0 Å². The number of ether oxygens (including phenoxy) is 1. The standard InChI is InChI=1S/C14H21ClN4O2/c1-14(2,3)21-13(20)19-8-4-5-10(9-19)17-11-6-7-16-12(15)18-11/h6-7,10H,4-5,8-9H2,1-3H3,(H,16,17,18)/t10-/m0/s1. The summed E-state index contributed by atoms with van der Waals surface area (Å²) >= 11 is 5.77. The number of aromatic nitrogens is 2. The number of anilines is 1. The van der Waals surface area contributed by atoms with Crippen LogP contribution in [-0.2, 0) is 4.74 Å². The van der Waals surface area contributed by atoms with Crippen LogP contribution < -0.4 is 5.32 Å². The summed E-state index contributed by atoms with van der Waals surface area (Å²) in [6.07, 6.45) is 3.23. The Morgan fingerprint density at radius 3 is 2.95 bits per heavy atom. The van der Waals surface area contributed by atoms with E-state index < -0.39 is 5.60 Å². The molecule has 1 aromatic heterocycles. The van der Waals surface area contributed by atoms with Crippen LogP contribution in [0.5, 0.6) is 0 Å². The van der Waals surface area contributed by atoms with Crippen LogP contribution in [0.15, 0.2) is 12.3 Å². The monoisotopic (exact) mass is 312 g/mol. The number of halogens is 1. The van der Waals surface area contributed by atoms with Crippen LogP contribution in [0.3, 0.4) is 0 Å². The maximum atomic E-state index is 12.1. The third kappa shape index (κ3) is 5.04. The SMILES string of the molecule is CC(C)(C)OC(=O)N1CCC[C@H](Nc2ccnc(Cl)n2)C1. The van der Waals surface area contributed by atoms with Gasteiger partial charge >= 0.3 is 6.09 Å². The molecule has 1 atom stereocenters. The first-order valence-corrected chi connectivity index (χ1v) is 7.44. The first kappa shape index (κ1) is 15.8. The number of carbonyl (C=O) groups excluding carboxylic acids is 1. The number of hydrogen-bond acceptors (Lipinski definition) is 5. The molecule has 1 aliphatic heterocycles. The van der Waals surface area contributed by atoms with Crippen LogP contribution in [0.1, 0.15) is 33.6 Å². The highest BCUT2D eigenvalue weighted by molar-refractivity contribution is 6.28. The number of nitrogens with one attached hydrogen (secondary N) is 1. The number of rotatable bonds is 2. The molecule has 116 valence electrons. The van der Waals surface area contributed by atoms with Gasteiger partial charge in [0.2, 0.25) is 5.28 Å². The Bertz CT molecular complexity index is 504. The molecule has 7 heteroatoms. The Morgan fingerprint density at radius 1 is 1.52 bits per heavy atom. The molecule has 2 heterocycles. The largest absolute Gasteiger partial charge is 0.444 e. The predicted octanol–water partition coefficient (Wildman–Crippen LogP) is 2.94. The first-order chi connectivity index (χ1) is 9.83. The predicted molar refractivity (Wildman–Crippen MR) is 81.5 cm³/mol. The Morgan fingerprint density at radius 2 is 2.29 bits per heavy atom. The highest BCUT2D eigenvalue weighted by Crippen LogP contribution is 2.18. The van der Waals surface area contributed by atoms with E-state index in [0.717, 1.165) is 19.4 Å². The molecule has 0 radical (unpaired) electrons. The average molecular weight is 313 g/mol. The highest BCUT2D eigenvalue weighted by atomic mass is 35.5. The second-order valence-corrected chi connectivity index (χ2v) is 6.46. The van der Waals surface area contributed by atoms with Crippen molar-refractivity contribution in [3.63, 3.8) is 0 Å². The lowest BCUT2D eigenvalue weighted by molar-refractivity contribution is 0.0206. The maximum absolute atomic E-state index is 12.1. The van der Waals surface area contributed by atoms with Crippen molar-refractivity contribution >= 4 is 23.5 Å². The number of hydrogen-bond donors (Lipinski definition) is 1. The van der Waals surface area contributed by atoms with Gasteiger partial charge in [0.25, 0.3) is 0 Å². The third-order valence-corrected chi connectivity index (χ3v) is 3.23. The van der Waals surface area contributed by atoms with Crippen molar-refractivity contribution in [3.8, 4) is 0 Å². The molecule has 0 saturated carbocycles. The lowest BCUT2D eigenvalue weighted by atomic mass is 10.1. The Hall–Kier alpha value is -1.56. The molecule has 2 rings (SSSR count). The van der Waals surface area contributed by atoms with Gasteiger partial charge in [0.05, 0.1) is 0 Å². The molecule has 1 aliphatic rings. The summed E-state index contributed by atoms with van der Waals surface area (Å²) in [5.41, 5.74) is -0.475. The Kier molecular flexibility index (Phi) is 4.88. The van der Waals surface area contributed by atoms with Crippen LogP contribution in [0.2, 0.25) is 5.28 Å². The second-order valence-electron chi connectivity index (χ2n) is 6.12. The minimum absolute atomic E-state index is 0.136. The summed E-state index contributed by atoms with van der Waals surface area (Å²) in [5, 5.41) is 3.49. The maximum Gasteiger partial charge on any atom is 0.410 e. The molecule has 0 aliphatic carbocycles. The number of nitrogens with zero attached hydrogens (tertiary/aromatic N) is 3.